The van der Waals surface area contributed by atoms with E-state index >= 15 is 0 Å². The third-order valence-corrected chi connectivity index (χ3v) is 9.50. The van der Waals surface area contributed by atoms with E-state index in [1.165, 1.54) is 0 Å². The van der Waals surface area contributed by atoms with Gasteiger partial charge >= 0.3 is 5.97 Å². The predicted octanol–water partition coefficient (Wildman–Crippen LogP) is 4.81. The Balaban J connectivity index is 1.32. The summed E-state index contributed by atoms with van der Waals surface area (Å²) in [4.78, 5) is 62.5. The molecule has 17 nitrogen and oxygen atoms in total. The number of carbonyl (C=O) groups is 4. The van der Waals surface area contributed by atoms with Crippen LogP contribution in [0.2, 0.25) is 0 Å². The number of nitrogens with two attached hydrogens (primary N) is 1. The van der Waals surface area contributed by atoms with E-state index in [-0.39, 0.29) is 62.2 Å². The van der Waals surface area contributed by atoms with E-state index in [1.54, 1.807) is 57.3 Å². The molecule has 0 aliphatic carbocycles. The van der Waals surface area contributed by atoms with Crippen molar-refractivity contribution in [2.24, 2.45) is 5.73 Å². The molecule has 3 N–H and O–H groups in total. The molecule has 1 aliphatic rings. The molecule has 0 unspecified atom stereocenters. The van der Waals surface area contributed by atoms with Crippen LogP contribution < -0.4 is 20.5 Å². The van der Waals surface area contributed by atoms with Crippen LogP contribution in [0.4, 0.5) is 5.95 Å². The number of anilines is 1. The second-order valence-corrected chi connectivity index (χ2v) is 13.5. The number of carbonyl (C=O) groups excluding carboxylic acids is 4. The smallest absolute Gasteiger partial charge is 0.338 e. The summed E-state index contributed by atoms with van der Waals surface area (Å²) >= 11 is 0. The second kappa shape index (κ2) is 16.1. The normalized spacial score (nSPS) is 13.7. The van der Waals surface area contributed by atoms with Gasteiger partial charge in [-0.3, -0.25) is 29.1 Å². The summed E-state index contributed by atoms with van der Waals surface area (Å²) in [5.74, 6) is -0.354. The van der Waals surface area contributed by atoms with Crippen molar-refractivity contribution in [1.29, 1.82) is 0 Å². The van der Waals surface area contributed by atoms with Gasteiger partial charge in [-0.1, -0.05) is 12.2 Å². The molecule has 0 bridgehead atoms. The number of ketones is 1. The number of imidazole rings is 2. The van der Waals surface area contributed by atoms with Gasteiger partial charge in [0.25, 0.3) is 5.91 Å². The van der Waals surface area contributed by atoms with Gasteiger partial charge in [-0.05, 0) is 71.0 Å². The van der Waals surface area contributed by atoms with Gasteiger partial charge in [0.15, 0.2) is 5.78 Å². The number of aryl methyl sites for hydroxylation is 4. The molecule has 0 radical (unpaired) electrons. The number of hydrogen-bond donors (Lipinski definition) is 2. The number of allylic oxidation sites excluding steroid dienone is 2. The average Bonchev–Trinajstić information content (AvgIpc) is 3.94. The van der Waals surface area contributed by atoms with E-state index in [9.17, 15) is 19.2 Å². The Bertz CT molecular complexity index is 2570. The largest absolute Gasteiger partial charge is 0.491 e. The number of esters is 1. The topological polar surface area (TPSA) is 205 Å². The highest BCUT2D eigenvalue weighted by atomic mass is 16.5. The molecule has 4 aromatic heterocycles. The molecule has 0 saturated carbocycles. The Labute approximate surface area is 327 Å². The van der Waals surface area contributed by atoms with Gasteiger partial charge < -0.3 is 29.1 Å². The van der Waals surface area contributed by atoms with Crippen molar-refractivity contribution in [1.82, 2.24) is 38.7 Å². The fraction of sp³-hybridized carbons (Fsp3) is 0.350. The molecular formula is C40H44N10O7. The number of primary amides is 1. The lowest BCUT2D eigenvalue weighted by Crippen LogP contribution is -2.20. The van der Waals surface area contributed by atoms with Crippen LogP contribution in [0.1, 0.15) is 86.1 Å². The Kier molecular flexibility index (Phi) is 10.9. The van der Waals surface area contributed by atoms with Crippen molar-refractivity contribution in [3.8, 4) is 11.5 Å². The molecule has 2 amide bonds. The van der Waals surface area contributed by atoms with Gasteiger partial charge in [-0.2, -0.15) is 10.2 Å². The Morgan fingerprint density at radius 2 is 1.35 bits per heavy atom. The summed E-state index contributed by atoms with van der Waals surface area (Å²) in [7, 11) is 0. The lowest BCUT2D eigenvalue weighted by Gasteiger charge is -2.14. The van der Waals surface area contributed by atoms with Crippen LogP contribution in [0.3, 0.4) is 0 Å². The van der Waals surface area contributed by atoms with E-state index in [0.717, 1.165) is 5.69 Å². The summed E-state index contributed by atoms with van der Waals surface area (Å²) in [6.45, 7) is 11.2. The predicted molar refractivity (Wildman–Crippen MR) is 210 cm³/mol. The highest BCUT2D eigenvalue weighted by Crippen LogP contribution is 2.33. The van der Waals surface area contributed by atoms with Crippen LogP contribution in [-0.2, 0) is 37.3 Å². The molecule has 57 heavy (non-hydrogen) atoms. The lowest BCUT2D eigenvalue weighted by molar-refractivity contribution is 0.0525. The molecule has 17 heteroatoms. The van der Waals surface area contributed by atoms with E-state index in [1.807, 2.05) is 44.4 Å². The minimum Gasteiger partial charge on any atom is -0.491 e. The SMILES string of the molecule is CCOC(=O)c1cc2c3c(c1)nc(CC(=O)c1cc(C)nn1CC)n3C/C=C/Cn1c(NC(=O)c3cc(C)nn3CC)nc3cc(C(N)=O)cc(c31)OCCCO2. The van der Waals surface area contributed by atoms with Crippen LogP contribution in [0.5, 0.6) is 11.5 Å². The summed E-state index contributed by atoms with van der Waals surface area (Å²) < 4.78 is 24.9. The molecule has 0 spiro atoms. The number of hydrogen-bond acceptors (Lipinski definition) is 11. The zero-order valence-electron chi connectivity index (χ0n) is 32.5. The Hall–Kier alpha value is -6.78. The molecule has 6 aromatic rings. The molecule has 2 aromatic carbocycles. The summed E-state index contributed by atoms with van der Waals surface area (Å²) in [6, 6.07) is 9.86. The summed E-state index contributed by atoms with van der Waals surface area (Å²) in [5.41, 5.74) is 10.4. The number of aromatic nitrogens is 8. The molecule has 0 fully saturated rings. The number of nitrogens with zero attached hydrogens (tertiary/aromatic N) is 8. The second-order valence-electron chi connectivity index (χ2n) is 13.5. The van der Waals surface area contributed by atoms with Crippen LogP contribution in [0.25, 0.3) is 22.1 Å². The third-order valence-electron chi connectivity index (χ3n) is 9.50. The van der Waals surface area contributed by atoms with Gasteiger partial charge in [-0.25, -0.2) is 14.8 Å². The third kappa shape index (κ3) is 7.72. The first-order valence-electron chi connectivity index (χ1n) is 18.9. The van der Waals surface area contributed by atoms with Crippen molar-refractivity contribution in [3.63, 3.8) is 0 Å². The first kappa shape index (κ1) is 38.5. The van der Waals surface area contributed by atoms with Crippen molar-refractivity contribution in [2.75, 3.05) is 25.1 Å². The molecular weight excluding hydrogens is 733 g/mol. The quantitative estimate of drug-likeness (QED) is 0.110. The Morgan fingerprint density at radius 1 is 0.772 bits per heavy atom. The van der Waals surface area contributed by atoms with Gasteiger partial charge in [0, 0.05) is 38.2 Å². The Morgan fingerprint density at radius 3 is 2.00 bits per heavy atom. The van der Waals surface area contributed by atoms with Crippen molar-refractivity contribution in [2.45, 2.75) is 73.6 Å². The van der Waals surface area contributed by atoms with Crippen LogP contribution >= 0.6 is 0 Å². The van der Waals surface area contributed by atoms with Crippen LogP contribution in [0.15, 0.2) is 48.6 Å². The first-order chi connectivity index (χ1) is 27.5. The van der Waals surface area contributed by atoms with E-state index in [0.29, 0.717) is 76.0 Å². The molecule has 296 valence electrons. The van der Waals surface area contributed by atoms with Gasteiger partial charge in [0.1, 0.15) is 39.7 Å². The molecule has 5 heterocycles. The van der Waals surface area contributed by atoms with E-state index in [4.69, 9.17) is 29.9 Å². The maximum Gasteiger partial charge on any atom is 0.338 e. The van der Waals surface area contributed by atoms with E-state index < -0.39 is 17.8 Å². The first-order valence-corrected chi connectivity index (χ1v) is 18.9. The van der Waals surface area contributed by atoms with Crippen molar-refractivity contribution >= 4 is 51.6 Å². The standard InChI is InChI=1S/C40H44N10O7/c1-6-49-29(16-23(4)45-49)31(51)22-34-42-27-19-26(39(54)55-8-3)21-33-35(27)47(34)12-9-10-13-48-36-28(18-25(37(41)52)20-32(36)56-14-11-15-57-33)43-40(48)44-38(53)30-17-24(5)46-50(30)7-2/h9-10,16-21H,6-8,11-15,22H2,1-5H3,(H2,41,52)(H,43,44,53)/b10-9+. The van der Waals surface area contributed by atoms with E-state index in [2.05, 4.69) is 15.5 Å². The lowest BCUT2D eigenvalue weighted by atomic mass is 10.1. The number of benzene rings is 2. The number of rotatable bonds is 10. The monoisotopic (exact) mass is 776 g/mol. The summed E-state index contributed by atoms with van der Waals surface area (Å²) in [6.07, 6.45) is 4.15. The van der Waals surface area contributed by atoms with Crippen molar-refractivity contribution < 1.29 is 33.4 Å². The number of ether oxygens (including phenoxy) is 3. The number of amides is 2. The van der Waals surface area contributed by atoms with Crippen LogP contribution in [-0.4, -0.2) is 82.1 Å². The minimum atomic E-state index is -0.664. The zero-order chi connectivity index (χ0) is 40.4. The summed E-state index contributed by atoms with van der Waals surface area (Å²) in [5, 5.41) is 11.8. The molecule has 1 aliphatic heterocycles. The maximum absolute atomic E-state index is 13.8. The minimum absolute atomic E-state index is 0.0443. The highest BCUT2D eigenvalue weighted by molar-refractivity contribution is 6.04. The van der Waals surface area contributed by atoms with Crippen LogP contribution in [0, 0.1) is 13.8 Å². The zero-order valence-corrected chi connectivity index (χ0v) is 32.5. The molecule has 0 atom stereocenters. The molecule has 7 rings (SSSR count). The fourth-order valence-electron chi connectivity index (χ4n) is 6.97. The fourth-order valence-corrected chi connectivity index (χ4v) is 6.97. The van der Waals surface area contributed by atoms with Gasteiger partial charge in [0.05, 0.1) is 54.2 Å². The van der Waals surface area contributed by atoms with Gasteiger partial charge in [0.2, 0.25) is 11.9 Å². The molecule has 0 saturated heterocycles. The maximum atomic E-state index is 13.8. The average molecular weight is 777 g/mol. The number of nitrogens with one attached hydrogen (secondary N) is 1. The van der Waals surface area contributed by atoms with Crippen molar-refractivity contribution in [3.05, 3.63) is 88.3 Å². The number of Topliss-reactive ketones (excluding diaryl/α,β-unsaturated/α-hetero) is 1. The highest BCUT2D eigenvalue weighted by Gasteiger charge is 2.25. The van der Waals surface area contributed by atoms with Gasteiger partial charge in [-0.15, -0.1) is 0 Å².